The Bertz CT molecular complexity index is 572. The average Bonchev–Trinajstić information content (AvgIpc) is 2.44. The van der Waals surface area contributed by atoms with Gasteiger partial charge < -0.3 is 10.5 Å². The number of carbonyl (C=O) groups is 1. The second-order valence-electron chi connectivity index (χ2n) is 4.66. The third-order valence-electron chi connectivity index (χ3n) is 2.93. The van der Waals surface area contributed by atoms with E-state index in [1.165, 1.54) is 11.4 Å². The van der Waals surface area contributed by atoms with Crippen molar-refractivity contribution in [3.63, 3.8) is 0 Å². The Labute approximate surface area is 125 Å². The predicted molar refractivity (Wildman–Crippen MR) is 83.5 cm³/mol. The first-order chi connectivity index (χ1) is 9.90. The van der Waals surface area contributed by atoms with E-state index in [9.17, 15) is 13.2 Å². The van der Waals surface area contributed by atoms with Gasteiger partial charge in [-0.2, -0.15) is 0 Å². The van der Waals surface area contributed by atoms with Gasteiger partial charge in [-0.1, -0.05) is 13.0 Å². The van der Waals surface area contributed by atoms with E-state index in [0.29, 0.717) is 24.3 Å². The zero-order chi connectivity index (χ0) is 15.9. The summed E-state index contributed by atoms with van der Waals surface area (Å²) in [7, 11) is -2.20. The summed E-state index contributed by atoms with van der Waals surface area (Å²) in [5.41, 5.74) is 6.77. The van der Waals surface area contributed by atoms with Crippen molar-refractivity contribution in [3.05, 3.63) is 24.3 Å². The minimum atomic E-state index is -3.49. The molecule has 6 nitrogen and oxygen atoms in total. The Kier molecular flexibility index (Phi) is 6.48. The number of anilines is 2. The van der Waals surface area contributed by atoms with Crippen LogP contribution in [0.3, 0.4) is 0 Å². The van der Waals surface area contributed by atoms with E-state index in [0.717, 1.165) is 0 Å². The van der Waals surface area contributed by atoms with Gasteiger partial charge in [0.25, 0.3) is 0 Å². The zero-order valence-electron chi connectivity index (χ0n) is 12.4. The average molecular weight is 314 g/mol. The highest BCUT2D eigenvalue weighted by Gasteiger charge is 2.22. The second-order valence-corrected chi connectivity index (χ2v) is 6.68. The number of ether oxygens (including phenoxy) is 1. The first kappa shape index (κ1) is 17.3. The Hall–Kier alpha value is -1.76. The third-order valence-corrected chi connectivity index (χ3v) is 4.80. The lowest BCUT2D eigenvalue weighted by atomic mass is 10.3. The van der Waals surface area contributed by atoms with E-state index in [-0.39, 0.29) is 18.6 Å². The van der Waals surface area contributed by atoms with E-state index in [1.807, 2.05) is 6.92 Å². The number of hydrogen-bond donors (Lipinski definition) is 1. The highest BCUT2D eigenvalue weighted by Crippen LogP contribution is 2.22. The number of methoxy groups -OCH3 is 1. The fourth-order valence-electron chi connectivity index (χ4n) is 1.92. The van der Waals surface area contributed by atoms with Crippen molar-refractivity contribution in [3.8, 4) is 0 Å². The smallest absolute Gasteiger partial charge is 0.305 e. The summed E-state index contributed by atoms with van der Waals surface area (Å²) < 4.78 is 30.7. The van der Waals surface area contributed by atoms with Gasteiger partial charge in [0.05, 0.1) is 18.6 Å². The highest BCUT2D eigenvalue weighted by atomic mass is 32.2. The van der Waals surface area contributed by atoms with Crippen molar-refractivity contribution in [2.45, 2.75) is 26.2 Å². The Morgan fingerprint density at radius 2 is 2.10 bits per heavy atom. The number of nitrogens with two attached hydrogens (primary N) is 1. The van der Waals surface area contributed by atoms with Gasteiger partial charge in [-0.3, -0.25) is 9.10 Å². The maximum absolute atomic E-state index is 12.4. The molecular weight excluding hydrogens is 292 g/mol. The van der Waals surface area contributed by atoms with Crippen molar-refractivity contribution in [2.24, 2.45) is 0 Å². The van der Waals surface area contributed by atoms with Gasteiger partial charge >= 0.3 is 5.97 Å². The summed E-state index contributed by atoms with van der Waals surface area (Å²) in [5, 5.41) is 0. The SMILES string of the molecule is CCCN(c1cccc(N)c1)S(=O)(=O)CCCC(=O)OC. The summed E-state index contributed by atoms with van der Waals surface area (Å²) >= 11 is 0. The molecule has 0 aromatic heterocycles. The molecule has 0 spiro atoms. The molecule has 0 fully saturated rings. The van der Waals surface area contributed by atoms with E-state index >= 15 is 0 Å². The quantitative estimate of drug-likeness (QED) is 0.583. The number of esters is 1. The van der Waals surface area contributed by atoms with Gasteiger partial charge in [0, 0.05) is 18.7 Å². The molecule has 0 atom stereocenters. The van der Waals surface area contributed by atoms with Crippen LogP contribution in [0.5, 0.6) is 0 Å². The third kappa shape index (κ3) is 5.26. The molecule has 21 heavy (non-hydrogen) atoms. The molecule has 1 aromatic carbocycles. The van der Waals surface area contributed by atoms with Crippen molar-refractivity contribution >= 4 is 27.4 Å². The van der Waals surface area contributed by atoms with Crippen LogP contribution in [-0.2, 0) is 19.6 Å². The number of hydrogen-bond acceptors (Lipinski definition) is 5. The zero-order valence-corrected chi connectivity index (χ0v) is 13.2. The van der Waals surface area contributed by atoms with E-state index in [1.54, 1.807) is 24.3 Å². The fraction of sp³-hybridized carbons (Fsp3) is 0.500. The topological polar surface area (TPSA) is 89.7 Å². The summed E-state index contributed by atoms with van der Waals surface area (Å²) in [5.74, 6) is -0.507. The van der Waals surface area contributed by atoms with Gasteiger partial charge in [-0.25, -0.2) is 8.42 Å². The maximum atomic E-state index is 12.4. The molecule has 1 rings (SSSR count). The highest BCUT2D eigenvalue weighted by molar-refractivity contribution is 7.92. The van der Waals surface area contributed by atoms with Crippen LogP contribution in [0.1, 0.15) is 26.2 Å². The fourth-order valence-corrected chi connectivity index (χ4v) is 3.55. The molecular formula is C14H22N2O4S. The standard InChI is InChI=1S/C14H22N2O4S/c1-3-9-16(13-7-4-6-12(15)11-13)21(18,19)10-5-8-14(17)20-2/h4,6-7,11H,3,5,8-10,15H2,1-2H3. The van der Waals surface area contributed by atoms with Crippen LogP contribution in [0, 0.1) is 0 Å². The number of carbonyl (C=O) groups excluding carboxylic acids is 1. The van der Waals surface area contributed by atoms with Crippen molar-refractivity contribution in [1.82, 2.24) is 0 Å². The molecule has 0 unspecified atom stereocenters. The molecule has 1 aromatic rings. The van der Waals surface area contributed by atoms with Gasteiger partial charge in [0.1, 0.15) is 0 Å². The predicted octanol–water partition coefficient (Wildman–Crippen LogP) is 1.77. The number of nitrogens with zero attached hydrogens (tertiary/aromatic N) is 1. The van der Waals surface area contributed by atoms with Gasteiger partial charge in [-0.05, 0) is 31.0 Å². The summed E-state index contributed by atoms with van der Waals surface area (Å²) in [6.45, 7) is 2.28. The van der Waals surface area contributed by atoms with Crippen LogP contribution in [0.2, 0.25) is 0 Å². The van der Waals surface area contributed by atoms with Crippen LogP contribution in [0.25, 0.3) is 0 Å². The maximum Gasteiger partial charge on any atom is 0.305 e. The molecule has 0 amide bonds. The molecule has 0 aliphatic rings. The van der Waals surface area contributed by atoms with Gasteiger partial charge in [0.15, 0.2) is 0 Å². The molecule has 0 saturated heterocycles. The van der Waals surface area contributed by atoms with Gasteiger partial charge in [0.2, 0.25) is 10.0 Å². The van der Waals surface area contributed by atoms with Crippen LogP contribution in [0.15, 0.2) is 24.3 Å². The van der Waals surface area contributed by atoms with Crippen LogP contribution >= 0.6 is 0 Å². The van der Waals surface area contributed by atoms with E-state index in [2.05, 4.69) is 4.74 Å². The number of sulfonamides is 1. The van der Waals surface area contributed by atoms with Crippen molar-refractivity contribution in [1.29, 1.82) is 0 Å². The minimum absolute atomic E-state index is 0.0899. The Morgan fingerprint density at radius 1 is 1.38 bits per heavy atom. The number of benzene rings is 1. The number of nitrogen functional groups attached to an aromatic ring is 1. The summed E-state index contributed by atoms with van der Waals surface area (Å²) in [4.78, 5) is 11.1. The second kappa shape index (κ2) is 7.87. The number of rotatable bonds is 8. The summed E-state index contributed by atoms with van der Waals surface area (Å²) in [6.07, 6.45) is 1.01. The first-order valence-corrected chi connectivity index (χ1v) is 8.44. The molecule has 0 radical (unpaired) electrons. The molecule has 0 heterocycles. The summed E-state index contributed by atoms with van der Waals surface area (Å²) in [6, 6.07) is 6.77. The normalized spacial score (nSPS) is 11.1. The lowest BCUT2D eigenvalue weighted by Crippen LogP contribution is -2.34. The van der Waals surface area contributed by atoms with E-state index < -0.39 is 16.0 Å². The molecule has 7 heteroatoms. The Morgan fingerprint density at radius 3 is 2.67 bits per heavy atom. The van der Waals surface area contributed by atoms with E-state index in [4.69, 9.17) is 5.73 Å². The monoisotopic (exact) mass is 314 g/mol. The van der Waals surface area contributed by atoms with Crippen molar-refractivity contribution < 1.29 is 17.9 Å². The molecule has 0 saturated carbocycles. The lowest BCUT2D eigenvalue weighted by Gasteiger charge is -2.24. The van der Waals surface area contributed by atoms with Crippen LogP contribution in [0.4, 0.5) is 11.4 Å². The minimum Gasteiger partial charge on any atom is -0.469 e. The Balaban J connectivity index is 2.85. The van der Waals surface area contributed by atoms with Crippen LogP contribution < -0.4 is 10.0 Å². The van der Waals surface area contributed by atoms with Gasteiger partial charge in [-0.15, -0.1) is 0 Å². The molecule has 0 aliphatic heterocycles. The molecule has 2 N–H and O–H groups in total. The molecule has 118 valence electrons. The first-order valence-electron chi connectivity index (χ1n) is 6.83. The molecule has 0 aliphatic carbocycles. The van der Waals surface area contributed by atoms with Crippen molar-refractivity contribution in [2.75, 3.05) is 29.4 Å². The lowest BCUT2D eigenvalue weighted by molar-refractivity contribution is -0.140. The molecule has 0 bridgehead atoms. The van der Waals surface area contributed by atoms with Crippen LogP contribution in [-0.4, -0.2) is 33.8 Å². The largest absolute Gasteiger partial charge is 0.469 e.